The first-order valence-corrected chi connectivity index (χ1v) is 6.91. The first-order valence-electron chi connectivity index (χ1n) is 5.11. The van der Waals surface area contributed by atoms with Crippen molar-refractivity contribution in [2.45, 2.75) is 17.2 Å². The summed E-state index contributed by atoms with van der Waals surface area (Å²) in [7, 11) is 1.86. The lowest BCUT2D eigenvalue weighted by Crippen LogP contribution is -2.30. The highest BCUT2D eigenvalue weighted by molar-refractivity contribution is 8.01. The third kappa shape index (κ3) is 3.34. The molecule has 0 unspecified atom stereocenters. The van der Waals surface area contributed by atoms with Gasteiger partial charge >= 0.3 is 0 Å². The lowest BCUT2D eigenvalue weighted by molar-refractivity contribution is -0.127. The molecule has 0 aliphatic heterocycles. The van der Waals surface area contributed by atoms with Crippen molar-refractivity contribution in [2.75, 3.05) is 25.1 Å². The van der Waals surface area contributed by atoms with E-state index in [1.807, 2.05) is 7.05 Å². The van der Waals surface area contributed by atoms with Gasteiger partial charge in [0.15, 0.2) is 4.34 Å². The van der Waals surface area contributed by atoms with Crippen LogP contribution in [-0.4, -0.2) is 40.3 Å². The van der Waals surface area contributed by atoms with Crippen molar-refractivity contribution >= 4 is 34.1 Å². The number of hydrogen-bond acceptors (Lipinski definition) is 6. The van der Waals surface area contributed by atoms with Crippen LogP contribution >= 0.6 is 23.1 Å². The number of carbonyl (C=O) groups is 1. The van der Waals surface area contributed by atoms with Crippen molar-refractivity contribution in [1.29, 1.82) is 0 Å². The summed E-state index contributed by atoms with van der Waals surface area (Å²) >= 11 is 2.71. The van der Waals surface area contributed by atoms with Crippen molar-refractivity contribution in [3.8, 4) is 0 Å². The zero-order valence-electron chi connectivity index (χ0n) is 9.05. The van der Waals surface area contributed by atoms with Crippen LogP contribution < -0.4 is 5.73 Å². The van der Waals surface area contributed by atoms with E-state index in [9.17, 15) is 4.79 Å². The SMILES string of the molecule is CN(CC1CC1)C(=O)CSc1nnc(N)s1. The Kier molecular flexibility index (Phi) is 3.65. The van der Waals surface area contributed by atoms with Gasteiger partial charge in [-0.25, -0.2) is 0 Å². The van der Waals surface area contributed by atoms with E-state index in [0.29, 0.717) is 10.9 Å². The Labute approximate surface area is 102 Å². The van der Waals surface area contributed by atoms with Gasteiger partial charge in [0.25, 0.3) is 0 Å². The van der Waals surface area contributed by atoms with Gasteiger partial charge in [0.05, 0.1) is 5.75 Å². The van der Waals surface area contributed by atoms with Crippen molar-refractivity contribution in [3.63, 3.8) is 0 Å². The van der Waals surface area contributed by atoms with E-state index in [1.54, 1.807) is 4.90 Å². The van der Waals surface area contributed by atoms with Crippen LogP contribution in [0.4, 0.5) is 5.13 Å². The Hall–Kier alpha value is -0.820. The molecule has 0 radical (unpaired) electrons. The van der Waals surface area contributed by atoms with Crippen LogP contribution in [0.25, 0.3) is 0 Å². The summed E-state index contributed by atoms with van der Waals surface area (Å²) < 4.78 is 0.755. The van der Waals surface area contributed by atoms with Crippen LogP contribution in [0.15, 0.2) is 4.34 Å². The van der Waals surface area contributed by atoms with Crippen LogP contribution in [0.1, 0.15) is 12.8 Å². The molecule has 1 saturated carbocycles. The van der Waals surface area contributed by atoms with E-state index in [-0.39, 0.29) is 5.91 Å². The summed E-state index contributed by atoms with van der Waals surface area (Å²) in [6.45, 7) is 0.887. The van der Waals surface area contributed by atoms with Gasteiger partial charge in [-0.05, 0) is 18.8 Å². The smallest absolute Gasteiger partial charge is 0.232 e. The number of rotatable bonds is 5. The zero-order chi connectivity index (χ0) is 11.5. The number of thioether (sulfide) groups is 1. The predicted molar refractivity (Wildman–Crippen MR) is 65.4 cm³/mol. The van der Waals surface area contributed by atoms with Crippen LogP contribution in [-0.2, 0) is 4.79 Å². The number of nitrogens with zero attached hydrogens (tertiary/aromatic N) is 3. The number of carbonyl (C=O) groups excluding carboxylic acids is 1. The first kappa shape index (κ1) is 11.7. The molecule has 1 aromatic heterocycles. The van der Waals surface area contributed by atoms with E-state index < -0.39 is 0 Å². The number of hydrogen-bond donors (Lipinski definition) is 1. The maximum absolute atomic E-state index is 11.7. The van der Waals surface area contributed by atoms with E-state index in [0.717, 1.165) is 16.8 Å². The third-order valence-corrected chi connectivity index (χ3v) is 4.27. The second kappa shape index (κ2) is 5.01. The maximum Gasteiger partial charge on any atom is 0.232 e. The number of aromatic nitrogens is 2. The molecule has 1 aliphatic carbocycles. The fourth-order valence-electron chi connectivity index (χ4n) is 1.30. The lowest BCUT2D eigenvalue weighted by Gasteiger charge is -2.15. The monoisotopic (exact) mass is 258 g/mol. The minimum atomic E-state index is 0.144. The largest absolute Gasteiger partial charge is 0.374 e. The van der Waals surface area contributed by atoms with E-state index in [2.05, 4.69) is 10.2 Å². The van der Waals surface area contributed by atoms with Gasteiger partial charge in [0.1, 0.15) is 0 Å². The Bertz CT molecular complexity index is 377. The second-order valence-corrected chi connectivity index (χ2v) is 6.14. The Morgan fingerprint density at radius 3 is 2.94 bits per heavy atom. The minimum Gasteiger partial charge on any atom is -0.374 e. The molecule has 0 saturated heterocycles. The number of nitrogen functional groups attached to an aromatic ring is 1. The first-order chi connectivity index (χ1) is 7.65. The lowest BCUT2D eigenvalue weighted by atomic mass is 10.4. The van der Waals surface area contributed by atoms with Gasteiger partial charge in [0, 0.05) is 13.6 Å². The Morgan fingerprint density at radius 1 is 1.62 bits per heavy atom. The summed E-state index contributed by atoms with van der Waals surface area (Å²) in [4.78, 5) is 13.5. The van der Waals surface area contributed by atoms with Gasteiger partial charge < -0.3 is 10.6 Å². The van der Waals surface area contributed by atoms with Gasteiger partial charge in [-0.15, -0.1) is 10.2 Å². The minimum absolute atomic E-state index is 0.144. The third-order valence-electron chi connectivity index (χ3n) is 2.40. The van der Waals surface area contributed by atoms with Crippen LogP contribution in [0.5, 0.6) is 0 Å². The molecule has 0 aromatic carbocycles. The van der Waals surface area contributed by atoms with Gasteiger partial charge in [-0.2, -0.15) is 0 Å². The average molecular weight is 258 g/mol. The van der Waals surface area contributed by atoms with Crippen molar-refractivity contribution in [3.05, 3.63) is 0 Å². The molecule has 0 bridgehead atoms. The fourth-order valence-corrected chi connectivity index (χ4v) is 2.88. The zero-order valence-corrected chi connectivity index (χ0v) is 10.7. The molecule has 16 heavy (non-hydrogen) atoms. The van der Waals surface area contributed by atoms with Gasteiger partial charge in [-0.1, -0.05) is 23.1 Å². The molecule has 88 valence electrons. The van der Waals surface area contributed by atoms with E-state index >= 15 is 0 Å². The van der Waals surface area contributed by atoms with Crippen molar-refractivity contribution < 1.29 is 4.79 Å². The molecule has 0 spiro atoms. The van der Waals surface area contributed by atoms with Crippen LogP contribution in [0.2, 0.25) is 0 Å². The highest BCUT2D eigenvalue weighted by atomic mass is 32.2. The molecule has 5 nitrogen and oxygen atoms in total. The molecular weight excluding hydrogens is 244 g/mol. The molecule has 0 atom stereocenters. The topological polar surface area (TPSA) is 72.1 Å². The molecule has 1 amide bonds. The molecule has 2 rings (SSSR count). The standard InChI is InChI=1S/C9H14N4OS2/c1-13(4-6-2-3-6)7(14)5-15-9-12-11-8(10)16-9/h6H,2-5H2,1H3,(H2,10,11). The quantitative estimate of drug-likeness (QED) is 0.800. The van der Waals surface area contributed by atoms with Gasteiger partial charge in [0.2, 0.25) is 11.0 Å². The summed E-state index contributed by atoms with van der Waals surface area (Å²) in [6, 6.07) is 0. The number of amides is 1. The molecule has 2 N–H and O–H groups in total. The number of anilines is 1. The Morgan fingerprint density at radius 2 is 2.38 bits per heavy atom. The van der Waals surface area contributed by atoms with Crippen LogP contribution in [0, 0.1) is 5.92 Å². The van der Waals surface area contributed by atoms with Crippen molar-refractivity contribution in [1.82, 2.24) is 15.1 Å². The molecule has 7 heteroatoms. The fraction of sp³-hybridized carbons (Fsp3) is 0.667. The summed E-state index contributed by atoms with van der Waals surface area (Å²) in [6.07, 6.45) is 2.52. The maximum atomic E-state index is 11.7. The molecule has 1 aromatic rings. The second-order valence-electron chi connectivity index (χ2n) is 3.91. The van der Waals surface area contributed by atoms with Crippen LogP contribution in [0.3, 0.4) is 0 Å². The normalized spacial score (nSPS) is 15.1. The highest BCUT2D eigenvalue weighted by Gasteiger charge is 2.24. The number of nitrogens with two attached hydrogens (primary N) is 1. The molecular formula is C9H14N4OS2. The van der Waals surface area contributed by atoms with E-state index in [1.165, 1.54) is 35.9 Å². The van der Waals surface area contributed by atoms with E-state index in [4.69, 9.17) is 5.73 Å². The molecule has 1 heterocycles. The summed E-state index contributed by atoms with van der Waals surface area (Å²) in [5.41, 5.74) is 5.46. The highest BCUT2D eigenvalue weighted by Crippen LogP contribution is 2.29. The molecule has 1 aliphatic rings. The predicted octanol–water partition coefficient (Wildman–Crippen LogP) is 1.08. The Balaban J connectivity index is 1.73. The average Bonchev–Trinajstić information content (AvgIpc) is 2.96. The summed E-state index contributed by atoms with van der Waals surface area (Å²) in [5, 5.41) is 8.00. The van der Waals surface area contributed by atoms with Crippen molar-refractivity contribution in [2.24, 2.45) is 5.92 Å². The van der Waals surface area contributed by atoms with Gasteiger partial charge in [-0.3, -0.25) is 4.79 Å². The summed E-state index contributed by atoms with van der Waals surface area (Å²) in [5.74, 6) is 1.29. The molecule has 1 fully saturated rings.